The Bertz CT molecular complexity index is 779. The highest BCUT2D eigenvalue weighted by atomic mass is 32.2. The standard InChI is InChI=1S/C19H26N6OS2/c20-13-3-1-2-4-14(13)23-17(26)18-24-15-7-10-25(11-16(15)28-18)19(27)22-12-5-8-21-9-6-12/h1-4,7,12,16,18,21,24H,5-6,8-11,20H2,(H,22,27)(H,23,26). The van der Waals surface area contributed by atoms with Crippen LogP contribution in [-0.2, 0) is 4.79 Å². The smallest absolute Gasteiger partial charge is 0.257 e. The fourth-order valence-corrected chi connectivity index (χ4v) is 5.27. The summed E-state index contributed by atoms with van der Waals surface area (Å²) in [5.41, 5.74) is 8.26. The molecule has 28 heavy (non-hydrogen) atoms. The van der Waals surface area contributed by atoms with Gasteiger partial charge in [0.1, 0.15) is 0 Å². The molecular weight excluding hydrogens is 392 g/mol. The molecule has 2 unspecified atom stereocenters. The summed E-state index contributed by atoms with van der Waals surface area (Å²) in [6, 6.07) is 7.75. The molecule has 1 aromatic carbocycles. The second kappa shape index (κ2) is 8.59. The first kappa shape index (κ1) is 19.4. The number of thioether (sulfide) groups is 1. The Morgan fingerprint density at radius 1 is 1.29 bits per heavy atom. The molecule has 4 rings (SSSR count). The third-order valence-corrected chi connectivity index (χ3v) is 6.99. The van der Waals surface area contributed by atoms with Crippen molar-refractivity contribution >= 4 is 46.4 Å². The molecule has 2 saturated heterocycles. The number of amides is 1. The van der Waals surface area contributed by atoms with E-state index in [9.17, 15) is 4.79 Å². The van der Waals surface area contributed by atoms with Crippen LogP contribution in [0.2, 0.25) is 0 Å². The van der Waals surface area contributed by atoms with Crippen molar-refractivity contribution in [1.82, 2.24) is 20.9 Å². The summed E-state index contributed by atoms with van der Waals surface area (Å²) in [6.07, 6.45) is 4.33. The SMILES string of the molecule is Nc1ccccc1NC(=O)C1NC2=CCN(C(=S)NC3CCNCC3)CC2S1. The van der Waals surface area contributed by atoms with Crippen molar-refractivity contribution in [3.05, 3.63) is 36.0 Å². The monoisotopic (exact) mass is 418 g/mol. The molecule has 3 heterocycles. The van der Waals surface area contributed by atoms with Gasteiger partial charge in [-0.3, -0.25) is 4.79 Å². The summed E-state index contributed by atoms with van der Waals surface area (Å²) in [7, 11) is 0. The highest BCUT2D eigenvalue weighted by Crippen LogP contribution is 2.33. The quantitative estimate of drug-likeness (QED) is 0.368. The van der Waals surface area contributed by atoms with Crippen LogP contribution in [-0.4, -0.2) is 58.8 Å². The fourth-order valence-electron chi connectivity index (χ4n) is 3.67. The van der Waals surface area contributed by atoms with Crippen molar-refractivity contribution in [1.29, 1.82) is 0 Å². The van der Waals surface area contributed by atoms with E-state index < -0.39 is 0 Å². The number of piperidine rings is 1. The number of thiocarbonyl (C=S) groups is 1. The molecular formula is C19H26N6OS2. The third kappa shape index (κ3) is 4.37. The molecule has 0 saturated carbocycles. The van der Waals surface area contributed by atoms with Crippen LogP contribution >= 0.6 is 24.0 Å². The Morgan fingerprint density at radius 2 is 2.07 bits per heavy atom. The van der Waals surface area contributed by atoms with E-state index in [-0.39, 0.29) is 16.5 Å². The first-order chi connectivity index (χ1) is 13.6. The number of carbonyl (C=O) groups is 1. The molecule has 1 aromatic rings. The number of hydrogen-bond donors (Lipinski definition) is 5. The molecule has 1 amide bonds. The van der Waals surface area contributed by atoms with Gasteiger partial charge >= 0.3 is 0 Å². The van der Waals surface area contributed by atoms with Gasteiger partial charge in [0.2, 0.25) is 0 Å². The van der Waals surface area contributed by atoms with Crippen LogP contribution in [0.5, 0.6) is 0 Å². The molecule has 0 spiro atoms. The molecule has 7 nitrogen and oxygen atoms in total. The summed E-state index contributed by atoms with van der Waals surface area (Å²) >= 11 is 7.26. The molecule has 150 valence electrons. The van der Waals surface area contributed by atoms with Crippen LogP contribution in [0.3, 0.4) is 0 Å². The molecule has 9 heteroatoms. The largest absolute Gasteiger partial charge is 0.397 e. The number of rotatable bonds is 3. The number of carbonyl (C=O) groups excluding carboxylic acids is 1. The maximum atomic E-state index is 12.7. The normalized spacial score (nSPS) is 24.7. The van der Waals surface area contributed by atoms with E-state index in [1.807, 2.05) is 18.2 Å². The van der Waals surface area contributed by atoms with Crippen LogP contribution < -0.4 is 27.0 Å². The molecule has 3 aliphatic rings. The van der Waals surface area contributed by atoms with Gasteiger partial charge in [0.25, 0.3) is 5.91 Å². The molecule has 2 atom stereocenters. The van der Waals surface area contributed by atoms with Crippen LogP contribution in [0, 0.1) is 0 Å². The van der Waals surface area contributed by atoms with Crippen LogP contribution in [0.15, 0.2) is 36.0 Å². The predicted molar refractivity (Wildman–Crippen MR) is 119 cm³/mol. The van der Waals surface area contributed by atoms with Gasteiger partial charge in [-0.05, 0) is 56.4 Å². The Hall–Kier alpha value is -1.97. The summed E-state index contributed by atoms with van der Waals surface area (Å²) < 4.78 is 0. The number of nitrogen functional groups attached to an aromatic ring is 1. The van der Waals surface area contributed by atoms with Gasteiger partial charge in [-0.1, -0.05) is 12.1 Å². The summed E-state index contributed by atoms with van der Waals surface area (Å²) in [5, 5.41) is 13.8. The summed E-state index contributed by atoms with van der Waals surface area (Å²) in [6.45, 7) is 3.64. The number of para-hydroxylation sites is 2. The lowest BCUT2D eigenvalue weighted by Gasteiger charge is -2.34. The number of hydrogen-bond acceptors (Lipinski definition) is 6. The van der Waals surface area contributed by atoms with Gasteiger partial charge in [-0.15, -0.1) is 11.8 Å². The average molecular weight is 419 g/mol. The Morgan fingerprint density at radius 3 is 2.86 bits per heavy atom. The lowest BCUT2D eigenvalue weighted by Crippen LogP contribution is -2.51. The Kier molecular flexibility index (Phi) is 5.93. The van der Waals surface area contributed by atoms with Crippen molar-refractivity contribution in [2.24, 2.45) is 0 Å². The average Bonchev–Trinajstić information content (AvgIpc) is 3.14. The van der Waals surface area contributed by atoms with E-state index in [0.29, 0.717) is 17.4 Å². The van der Waals surface area contributed by atoms with Crippen molar-refractivity contribution in [3.8, 4) is 0 Å². The molecule has 0 bridgehead atoms. The van der Waals surface area contributed by atoms with Crippen LogP contribution in [0.1, 0.15) is 12.8 Å². The minimum absolute atomic E-state index is 0.0832. The van der Waals surface area contributed by atoms with Crippen molar-refractivity contribution in [3.63, 3.8) is 0 Å². The zero-order valence-corrected chi connectivity index (χ0v) is 17.2. The number of nitrogens with one attached hydrogen (secondary N) is 4. The van der Waals surface area contributed by atoms with Crippen LogP contribution in [0.4, 0.5) is 11.4 Å². The van der Waals surface area contributed by atoms with Gasteiger partial charge in [-0.25, -0.2) is 0 Å². The topological polar surface area (TPSA) is 94.4 Å². The maximum Gasteiger partial charge on any atom is 0.257 e. The highest BCUT2D eigenvalue weighted by molar-refractivity contribution is 8.01. The Balaban J connectivity index is 1.32. The minimum Gasteiger partial charge on any atom is -0.397 e. The van der Waals surface area contributed by atoms with Gasteiger partial charge < -0.3 is 31.9 Å². The van der Waals surface area contributed by atoms with E-state index in [1.165, 1.54) is 0 Å². The lowest BCUT2D eigenvalue weighted by atomic mass is 10.1. The molecule has 6 N–H and O–H groups in total. The van der Waals surface area contributed by atoms with E-state index in [0.717, 1.165) is 49.8 Å². The second-order valence-electron chi connectivity index (χ2n) is 7.26. The second-order valence-corrected chi connectivity index (χ2v) is 8.96. The Labute approximate surface area is 174 Å². The van der Waals surface area contributed by atoms with E-state index in [4.69, 9.17) is 18.0 Å². The van der Waals surface area contributed by atoms with Gasteiger partial charge in [0, 0.05) is 24.8 Å². The molecule has 2 fully saturated rings. The van der Waals surface area contributed by atoms with Gasteiger partial charge in [0.15, 0.2) is 10.5 Å². The minimum atomic E-state index is -0.332. The van der Waals surface area contributed by atoms with Gasteiger partial charge in [0.05, 0.1) is 16.6 Å². The van der Waals surface area contributed by atoms with E-state index >= 15 is 0 Å². The maximum absolute atomic E-state index is 12.7. The number of anilines is 2. The van der Waals surface area contributed by atoms with Crippen molar-refractivity contribution in [2.75, 3.05) is 37.2 Å². The van der Waals surface area contributed by atoms with E-state index in [1.54, 1.807) is 17.8 Å². The van der Waals surface area contributed by atoms with Gasteiger partial charge in [-0.2, -0.15) is 0 Å². The summed E-state index contributed by atoms with van der Waals surface area (Å²) in [4.78, 5) is 14.8. The predicted octanol–water partition coefficient (Wildman–Crippen LogP) is 1.06. The third-order valence-electron chi connectivity index (χ3n) is 5.27. The first-order valence-electron chi connectivity index (χ1n) is 9.64. The number of fused-ring (bicyclic) bond motifs is 1. The number of nitrogens with two attached hydrogens (primary N) is 1. The molecule has 0 radical (unpaired) electrons. The zero-order chi connectivity index (χ0) is 19.5. The molecule has 3 aliphatic heterocycles. The lowest BCUT2D eigenvalue weighted by molar-refractivity contribution is -0.116. The molecule has 0 aromatic heterocycles. The zero-order valence-electron chi connectivity index (χ0n) is 15.6. The highest BCUT2D eigenvalue weighted by Gasteiger charge is 2.37. The van der Waals surface area contributed by atoms with Crippen LogP contribution in [0.25, 0.3) is 0 Å². The van der Waals surface area contributed by atoms with E-state index in [2.05, 4.69) is 32.2 Å². The first-order valence-corrected chi connectivity index (χ1v) is 11.0. The van der Waals surface area contributed by atoms with Crippen molar-refractivity contribution in [2.45, 2.75) is 29.5 Å². The summed E-state index contributed by atoms with van der Waals surface area (Å²) in [5.74, 6) is -0.0832. The fraction of sp³-hybridized carbons (Fsp3) is 0.474. The number of nitrogens with zero attached hydrogens (tertiary/aromatic N) is 1. The number of benzene rings is 1. The molecule has 0 aliphatic carbocycles. The van der Waals surface area contributed by atoms with Crippen molar-refractivity contribution < 1.29 is 4.79 Å².